The molecule has 2 N–H and O–H groups in total. The van der Waals surface area contributed by atoms with Gasteiger partial charge in [0, 0.05) is 56.4 Å². The van der Waals surface area contributed by atoms with E-state index in [4.69, 9.17) is 19.8 Å². The third-order valence-corrected chi connectivity index (χ3v) is 5.62. The van der Waals surface area contributed by atoms with E-state index in [1.807, 2.05) is 23.1 Å². The number of carbonyl (C=O) groups excluding carboxylic acids is 1. The fourth-order valence-corrected chi connectivity index (χ4v) is 3.95. The molecule has 2 aliphatic rings. The molecule has 1 atom stereocenters. The van der Waals surface area contributed by atoms with E-state index < -0.39 is 24.3 Å². The van der Waals surface area contributed by atoms with Gasteiger partial charge in [-0.1, -0.05) is 0 Å². The predicted octanol–water partition coefficient (Wildman–Crippen LogP) is 3.27. The Labute approximate surface area is 211 Å². The van der Waals surface area contributed by atoms with Crippen molar-refractivity contribution in [2.45, 2.75) is 31.6 Å². The third kappa shape index (κ3) is 8.85. The molecule has 1 unspecified atom stereocenters. The molecule has 2 aromatic heterocycles. The van der Waals surface area contributed by atoms with Crippen molar-refractivity contribution >= 4 is 23.8 Å². The highest BCUT2D eigenvalue weighted by Crippen LogP contribution is 2.40. The van der Waals surface area contributed by atoms with Crippen molar-refractivity contribution in [3.63, 3.8) is 0 Å². The average molecular weight is 551 g/mol. The van der Waals surface area contributed by atoms with Gasteiger partial charge in [-0.05, 0) is 37.5 Å². The third-order valence-electron chi connectivity index (χ3n) is 5.62. The number of rotatable bonds is 2. The predicted molar refractivity (Wildman–Crippen MR) is 118 cm³/mol. The molecule has 208 valence electrons. The van der Waals surface area contributed by atoms with Gasteiger partial charge in [0.05, 0.1) is 5.56 Å². The second-order valence-electron chi connectivity index (χ2n) is 8.40. The second-order valence-corrected chi connectivity index (χ2v) is 8.40. The maximum absolute atomic E-state index is 12.7. The van der Waals surface area contributed by atoms with E-state index >= 15 is 0 Å². The molecule has 4 rings (SSSR count). The van der Waals surface area contributed by atoms with Crippen LogP contribution in [0.25, 0.3) is 0 Å². The number of pyridine rings is 1. The van der Waals surface area contributed by atoms with Crippen molar-refractivity contribution in [2.24, 2.45) is 5.41 Å². The topological polar surface area (TPSA) is 137 Å². The highest BCUT2D eigenvalue weighted by atomic mass is 19.4. The fraction of sp³-hybridized carbons (Fsp3) is 0.455. The van der Waals surface area contributed by atoms with E-state index in [0.29, 0.717) is 5.56 Å². The largest absolute Gasteiger partial charge is 0.490 e. The van der Waals surface area contributed by atoms with Crippen molar-refractivity contribution in [1.29, 1.82) is 0 Å². The first-order chi connectivity index (χ1) is 17.6. The summed E-state index contributed by atoms with van der Waals surface area (Å²) in [7, 11) is 0. The van der Waals surface area contributed by atoms with Gasteiger partial charge in [-0.2, -0.15) is 26.3 Å². The molecular weight excluding hydrogens is 528 g/mol. The summed E-state index contributed by atoms with van der Waals surface area (Å²) in [6.07, 6.45) is 0.0785. The first kappa shape index (κ1) is 30.2. The van der Waals surface area contributed by atoms with Crippen molar-refractivity contribution in [3.05, 3.63) is 48.5 Å². The number of carboxylic acid groups (broad SMARTS) is 2. The van der Waals surface area contributed by atoms with E-state index in [2.05, 4.69) is 19.9 Å². The molecule has 0 bridgehead atoms. The first-order valence-corrected chi connectivity index (χ1v) is 11.0. The SMILES string of the molecule is O=C(O)C(F)(F)F.O=C(O)C(F)(F)F.O=C(c1cccnc1)N1CCC2(CCCN(c3ncccn3)C2)C1. The number of alkyl halides is 6. The van der Waals surface area contributed by atoms with Gasteiger partial charge >= 0.3 is 24.3 Å². The Balaban J connectivity index is 0.000000301. The van der Waals surface area contributed by atoms with E-state index in [1.165, 1.54) is 0 Å². The maximum Gasteiger partial charge on any atom is 0.490 e. The smallest absolute Gasteiger partial charge is 0.475 e. The van der Waals surface area contributed by atoms with Crippen LogP contribution in [0.2, 0.25) is 0 Å². The maximum atomic E-state index is 12.7. The van der Waals surface area contributed by atoms with Crippen molar-refractivity contribution in [3.8, 4) is 0 Å². The molecule has 2 fully saturated rings. The summed E-state index contributed by atoms with van der Waals surface area (Å²) in [6.45, 7) is 3.54. The van der Waals surface area contributed by atoms with Crippen LogP contribution >= 0.6 is 0 Å². The summed E-state index contributed by atoms with van der Waals surface area (Å²) in [5.74, 6) is -4.62. The van der Waals surface area contributed by atoms with Crippen LogP contribution in [0.15, 0.2) is 43.0 Å². The minimum absolute atomic E-state index is 0.0908. The molecule has 0 aromatic carbocycles. The van der Waals surface area contributed by atoms with Crippen LogP contribution in [0.5, 0.6) is 0 Å². The minimum atomic E-state index is -5.08. The Morgan fingerprint density at radius 1 is 0.842 bits per heavy atom. The number of nitrogens with zero attached hydrogens (tertiary/aromatic N) is 5. The zero-order valence-electron chi connectivity index (χ0n) is 19.6. The number of likely N-dealkylation sites (tertiary alicyclic amines) is 1. The lowest BCUT2D eigenvalue weighted by Crippen LogP contribution is -2.46. The zero-order chi connectivity index (χ0) is 28.6. The second kappa shape index (κ2) is 12.5. The van der Waals surface area contributed by atoms with E-state index in [9.17, 15) is 31.1 Å². The Morgan fingerprint density at radius 3 is 1.92 bits per heavy atom. The zero-order valence-corrected chi connectivity index (χ0v) is 19.6. The van der Waals surface area contributed by atoms with Crippen LogP contribution in [-0.2, 0) is 9.59 Å². The molecule has 2 aliphatic heterocycles. The molecule has 0 aliphatic carbocycles. The van der Waals surface area contributed by atoms with Crippen LogP contribution in [0.1, 0.15) is 29.6 Å². The Kier molecular flexibility index (Phi) is 9.96. The van der Waals surface area contributed by atoms with Gasteiger partial charge in [-0.15, -0.1) is 0 Å². The van der Waals surface area contributed by atoms with Crippen molar-refractivity contribution in [1.82, 2.24) is 19.9 Å². The molecule has 0 saturated carbocycles. The summed E-state index contributed by atoms with van der Waals surface area (Å²) in [4.78, 5) is 47.5. The van der Waals surface area contributed by atoms with Crippen LogP contribution < -0.4 is 4.90 Å². The van der Waals surface area contributed by atoms with E-state index in [-0.39, 0.29) is 11.3 Å². The Morgan fingerprint density at radius 2 is 1.42 bits per heavy atom. The molecule has 2 aromatic rings. The highest BCUT2D eigenvalue weighted by molar-refractivity contribution is 5.94. The first-order valence-electron chi connectivity index (χ1n) is 11.0. The number of carbonyl (C=O) groups is 3. The standard InChI is InChI=1S/C18H21N5O.2C2HF3O2/c24-16(15-4-1-7-19-12-15)22-11-6-18(13-22)5-2-10-23(14-18)17-20-8-3-9-21-17;2*3-2(4,5)1(6)7/h1,3-4,7-9,12H,2,5-6,10-11,13-14H2;2*(H,6,7). The molecule has 16 heteroatoms. The molecule has 2 saturated heterocycles. The number of aliphatic carboxylic acids is 2. The normalized spacial score (nSPS) is 19.1. The van der Waals surface area contributed by atoms with Gasteiger partial charge < -0.3 is 20.0 Å². The van der Waals surface area contributed by atoms with Gasteiger partial charge in [0.1, 0.15) is 0 Å². The monoisotopic (exact) mass is 551 g/mol. The summed E-state index contributed by atoms with van der Waals surface area (Å²) in [6, 6.07) is 5.49. The number of aromatic nitrogens is 3. The lowest BCUT2D eigenvalue weighted by molar-refractivity contribution is -0.193. The molecular formula is C22H23F6N5O5. The number of anilines is 1. The number of hydrogen-bond donors (Lipinski definition) is 2. The molecule has 1 amide bonds. The number of carboxylic acids is 2. The number of hydrogen-bond acceptors (Lipinski definition) is 7. The van der Waals surface area contributed by atoms with Gasteiger partial charge in [0.25, 0.3) is 5.91 Å². The lowest BCUT2D eigenvalue weighted by Gasteiger charge is -2.40. The fourth-order valence-electron chi connectivity index (χ4n) is 3.95. The summed E-state index contributed by atoms with van der Waals surface area (Å²) < 4.78 is 63.5. The van der Waals surface area contributed by atoms with Crippen LogP contribution in [0.3, 0.4) is 0 Å². The number of piperidine rings is 1. The van der Waals surface area contributed by atoms with E-state index in [0.717, 1.165) is 51.4 Å². The quantitative estimate of drug-likeness (QED) is 0.539. The Bertz CT molecular complexity index is 1060. The number of amides is 1. The highest BCUT2D eigenvalue weighted by Gasteiger charge is 2.43. The Hall–Kier alpha value is -3.98. The van der Waals surface area contributed by atoms with Crippen molar-refractivity contribution in [2.75, 3.05) is 31.1 Å². The number of halogens is 6. The summed E-state index contributed by atoms with van der Waals surface area (Å²) >= 11 is 0. The molecule has 4 heterocycles. The van der Waals surface area contributed by atoms with Gasteiger partial charge in [0.2, 0.25) is 5.95 Å². The van der Waals surface area contributed by atoms with Crippen LogP contribution in [0, 0.1) is 5.41 Å². The molecule has 1 spiro atoms. The molecule has 38 heavy (non-hydrogen) atoms. The molecule has 0 radical (unpaired) electrons. The summed E-state index contributed by atoms with van der Waals surface area (Å²) in [5, 5.41) is 14.2. The summed E-state index contributed by atoms with van der Waals surface area (Å²) in [5.41, 5.74) is 0.837. The van der Waals surface area contributed by atoms with Gasteiger partial charge in [-0.25, -0.2) is 19.6 Å². The minimum Gasteiger partial charge on any atom is -0.475 e. The molecule has 10 nitrogen and oxygen atoms in total. The lowest BCUT2D eigenvalue weighted by atomic mass is 9.79. The van der Waals surface area contributed by atoms with Gasteiger partial charge in [0.15, 0.2) is 0 Å². The van der Waals surface area contributed by atoms with Gasteiger partial charge in [-0.3, -0.25) is 9.78 Å². The van der Waals surface area contributed by atoms with Crippen molar-refractivity contribution < 1.29 is 50.9 Å². The van der Waals surface area contributed by atoms with Crippen LogP contribution in [-0.4, -0.2) is 86.4 Å². The van der Waals surface area contributed by atoms with E-state index in [1.54, 1.807) is 24.8 Å². The van der Waals surface area contributed by atoms with Crippen LogP contribution in [0.4, 0.5) is 32.3 Å². The average Bonchev–Trinajstić information content (AvgIpc) is 3.27.